The van der Waals surface area contributed by atoms with Gasteiger partial charge in [0.25, 0.3) is 0 Å². The number of carbonyl (C=O) groups is 3. The quantitative estimate of drug-likeness (QED) is 0.0261. The van der Waals surface area contributed by atoms with Crippen molar-refractivity contribution in [3.8, 4) is 0 Å². The van der Waals surface area contributed by atoms with E-state index >= 15 is 0 Å². The highest BCUT2D eigenvalue weighted by molar-refractivity contribution is 5.71. The molecular weight excluding hydrogens is 1020 g/mol. The minimum atomic E-state index is -0.780. The molecule has 0 N–H and O–H groups in total. The second-order valence-electron chi connectivity index (χ2n) is 24.8. The molecule has 0 heterocycles. The molecule has 0 aliphatic carbocycles. The number of carbonyl (C=O) groups excluding carboxylic acids is 3. The Balaban J connectivity index is 4.30. The van der Waals surface area contributed by atoms with Gasteiger partial charge in [0, 0.05) is 19.3 Å². The van der Waals surface area contributed by atoms with Gasteiger partial charge in [0.15, 0.2) is 6.10 Å². The fourth-order valence-electron chi connectivity index (χ4n) is 11.1. The van der Waals surface area contributed by atoms with Gasteiger partial charge in [0.05, 0.1) is 0 Å². The molecule has 6 nitrogen and oxygen atoms in total. The summed E-state index contributed by atoms with van der Waals surface area (Å²) in [5, 5.41) is 0. The number of hydrogen-bond acceptors (Lipinski definition) is 6. The molecule has 0 aromatic rings. The zero-order chi connectivity index (χ0) is 59.9. The van der Waals surface area contributed by atoms with E-state index in [1.165, 1.54) is 257 Å². The lowest BCUT2D eigenvalue weighted by atomic mass is 10.0. The van der Waals surface area contributed by atoms with Gasteiger partial charge in [-0.3, -0.25) is 14.4 Å². The average Bonchev–Trinajstić information content (AvgIpc) is 3.50. The number of ether oxygens (including phenoxy) is 3. The van der Waals surface area contributed by atoms with Crippen LogP contribution in [0, 0.1) is 0 Å². The summed E-state index contributed by atoms with van der Waals surface area (Å²) in [4.78, 5) is 38.5. The van der Waals surface area contributed by atoms with Crippen molar-refractivity contribution in [1.82, 2.24) is 0 Å². The van der Waals surface area contributed by atoms with Crippen molar-refractivity contribution in [3.05, 3.63) is 60.8 Å². The van der Waals surface area contributed by atoms with Gasteiger partial charge in [-0.2, -0.15) is 0 Å². The van der Waals surface area contributed by atoms with Crippen molar-refractivity contribution in [2.24, 2.45) is 0 Å². The van der Waals surface area contributed by atoms with Crippen LogP contribution in [0.15, 0.2) is 60.8 Å². The Bertz CT molecular complexity index is 1470. The highest BCUT2D eigenvalue weighted by Crippen LogP contribution is 2.19. The first-order chi connectivity index (χ1) is 41.0. The molecule has 0 radical (unpaired) electrons. The Morgan fingerprint density at radius 1 is 0.253 bits per heavy atom. The monoisotopic (exact) mass is 1160 g/mol. The van der Waals surface area contributed by atoms with Crippen molar-refractivity contribution in [2.45, 2.75) is 399 Å². The van der Waals surface area contributed by atoms with Crippen LogP contribution in [0.4, 0.5) is 0 Å². The standard InChI is InChI=1S/C77H140O6/c1-4-7-10-13-16-19-22-25-28-31-33-35-37-38-39-41-42-44-46-49-52-55-58-61-64-67-70-76(79)82-73-74(72-81-75(78)69-66-63-60-57-54-51-48-30-27-24-21-18-15-12-9-6-3)83-77(80)71-68-65-62-59-56-53-50-47-45-43-40-36-34-32-29-26-23-20-17-14-11-8-5-2/h8,11,17,20,26,29,34,36,43,45,74H,4-7,9-10,12-16,18-19,21-25,27-28,30-33,35,37-42,44,46-73H2,1-3H3/b11-8-,20-17-,29-26-,36-34-,45-43-. The van der Waals surface area contributed by atoms with Gasteiger partial charge in [-0.1, -0.05) is 370 Å². The van der Waals surface area contributed by atoms with Crippen LogP contribution in [0.25, 0.3) is 0 Å². The number of allylic oxidation sites excluding steroid dienone is 10. The number of rotatable bonds is 68. The van der Waals surface area contributed by atoms with Crippen LogP contribution in [0.1, 0.15) is 393 Å². The van der Waals surface area contributed by atoms with Crippen LogP contribution in [-0.2, 0) is 28.6 Å². The Morgan fingerprint density at radius 3 is 0.735 bits per heavy atom. The van der Waals surface area contributed by atoms with E-state index in [4.69, 9.17) is 14.2 Å². The summed E-state index contributed by atoms with van der Waals surface area (Å²) >= 11 is 0. The molecule has 0 saturated heterocycles. The van der Waals surface area contributed by atoms with Gasteiger partial charge < -0.3 is 14.2 Å². The van der Waals surface area contributed by atoms with E-state index in [9.17, 15) is 14.4 Å². The fourth-order valence-corrected chi connectivity index (χ4v) is 11.1. The Hall–Kier alpha value is -2.89. The molecule has 0 rings (SSSR count). The lowest BCUT2D eigenvalue weighted by molar-refractivity contribution is -0.167. The summed E-state index contributed by atoms with van der Waals surface area (Å²) in [6, 6.07) is 0. The molecular formula is C77H140O6. The van der Waals surface area contributed by atoms with E-state index in [0.717, 1.165) is 96.3 Å². The number of esters is 3. The average molecular weight is 1160 g/mol. The second-order valence-corrected chi connectivity index (χ2v) is 24.8. The van der Waals surface area contributed by atoms with Crippen LogP contribution in [0.5, 0.6) is 0 Å². The molecule has 0 saturated carbocycles. The van der Waals surface area contributed by atoms with E-state index in [1.807, 2.05) is 0 Å². The van der Waals surface area contributed by atoms with Gasteiger partial charge in [0.1, 0.15) is 13.2 Å². The topological polar surface area (TPSA) is 78.9 Å². The van der Waals surface area contributed by atoms with Crippen molar-refractivity contribution in [1.29, 1.82) is 0 Å². The molecule has 0 spiro atoms. The van der Waals surface area contributed by atoms with Crippen LogP contribution >= 0.6 is 0 Å². The molecule has 0 aromatic carbocycles. The van der Waals surface area contributed by atoms with E-state index in [2.05, 4.69) is 81.5 Å². The van der Waals surface area contributed by atoms with E-state index in [1.54, 1.807) is 0 Å². The minimum Gasteiger partial charge on any atom is -0.462 e. The predicted molar refractivity (Wildman–Crippen MR) is 362 cm³/mol. The van der Waals surface area contributed by atoms with Gasteiger partial charge in [0.2, 0.25) is 0 Å². The largest absolute Gasteiger partial charge is 0.462 e. The summed E-state index contributed by atoms with van der Waals surface area (Å²) in [5.74, 6) is -0.855. The lowest BCUT2D eigenvalue weighted by Gasteiger charge is -2.18. The maximum atomic E-state index is 13.0. The molecule has 0 aliphatic rings. The lowest BCUT2D eigenvalue weighted by Crippen LogP contribution is -2.30. The van der Waals surface area contributed by atoms with Crippen LogP contribution in [-0.4, -0.2) is 37.2 Å². The fraction of sp³-hybridized carbons (Fsp3) is 0.831. The highest BCUT2D eigenvalue weighted by Gasteiger charge is 2.19. The SMILES string of the molecule is CC/C=C\C/C=C\C/C=C\C/C=C\C/C=C\CCCCCCCCCC(=O)OC(COC(=O)CCCCCCCCCCCCCCCCCC)COC(=O)CCCCCCCCCCCCCCCCCCCCCCCCCCCC. The molecule has 484 valence electrons. The second kappa shape index (κ2) is 71.6. The Kier molecular flexibility index (Phi) is 69.1. The van der Waals surface area contributed by atoms with Crippen LogP contribution < -0.4 is 0 Å². The van der Waals surface area contributed by atoms with Crippen molar-refractivity contribution >= 4 is 17.9 Å². The first-order valence-corrected chi connectivity index (χ1v) is 36.8. The molecule has 83 heavy (non-hydrogen) atoms. The zero-order valence-electron chi connectivity index (χ0n) is 55.7. The number of hydrogen-bond donors (Lipinski definition) is 0. The van der Waals surface area contributed by atoms with Gasteiger partial charge in [-0.25, -0.2) is 0 Å². The Morgan fingerprint density at radius 2 is 0.470 bits per heavy atom. The van der Waals surface area contributed by atoms with Crippen molar-refractivity contribution in [3.63, 3.8) is 0 Å². The molecule has 0 aliphatic heterocycles. The van der Waals surface area contributed by atoms with Crippen molar-refractivity contribution in [2.75, 3.05) is 13.2 Å². The van der Waals surface area contributed by atoms with Crippen LogP contribution in [0.3, 0.4) is 0 Å². The molecule has 0 amide bonds. The van der Waals surface area contributed by atoms with E-state index < -0.39 is 6.10 Å². The smallest absolute Gasteiger partial charge is 0.306 e. The molecule has 0 aromatic heterocycles. The molecule has 0 fully saturated rings. The normalized spacial score (nSPS) is 12.4. The van der Waals surface area contributed by atoms with Gasteiger partial charge >= 0.3 is 17.9 Å². The summed E-state index contributed by atoms with van der Waals surface area (Å²) in [5.41, 5.74) is 0. The first-order valence-electron chi connectivity index (χ1n) is 36.8. The minimum absolute atomic E-state index is 0.0734. The third-order valence-corrected chi connectivity index (χ3v) is 16.5. The third kappa shape index (κ3) is 69.8. The predicted octanol–water partition coefficient (Wildman–Crippen LogP) is 25.5. The van der Waals surface area contributed by atoms with Crippen LogP contribution in [0.2, 0.25) is 0 Å². The zero-order valence-corrected chi connectivity index (χ0v) is 55.7. The maximum Gasteiger partial charge on any atom is 0.306 e. The molecule has 1 unspecified atom stereocenters. The van der Waals surface area contributed by atoms with Gasteiger partial charge in [-0.05, 0) is 64.2 Å². The summed E-state index contributed by atoms with van der Waals surface area (Å²) in [6.45, 7) is 6.60. The van der Waals surface area contributed by atoms with Gasteiger partial charge in [-0.15, -0.1) is 0 Å². The molecule has 1 atom stereocenters. The maximum absolute atomic E-state index is 13.0. The van der Waals surface area contributed by atoms with Crippen molar-refractivity contribution < 1.29 is 28.6 Å². The third-order valence-electron chi connectivity index (χ3n) is 16.5. The summed E-state index contributed by atoms with van der Waals surface area (Å²) in [7, 11) is 0. The highest BCUT2D eigenvalue weighted by atomic mass is 16.6. The van der Waals surface area contributed by atoms with E-state index in [-0.39, 0.29) is 31.1 Å². The summed E-state index contributed by atoms with van der Waals surface area (Å²) in [6.07, 6.45) is 92.5. The van der Waals surface area contributed by atoms with E-state index in [0.29, 0.717) is 19.3 Å². The summed E-state index contributed by atoms with van der Waals surface area (Å²) < 4.78 is 17.0. The number of unbranched alkanes of at least 4 members (excludes halogenated alkanes) is 47. The Labute approximate surface area is 517 Å². The molecule has 6 heteroatoms. The molecule has 0 bridgehead atoms. The first kappa shape index (κ1) is 80.1.